The zero-order chi connectivity index (χ0) is 21.3. The van der Waals surface area contributed by atoms with Gasteiger partial charge in [0.05, 0.1) is 6.54 Å². The van der Waals surface area contributed by atoms with E-state index in [2.05, 4.69) is 25.5 Å². The molecular weight excluding hydrogens is 392 g/mol. The number of aromatic nitrogens is 2. The summed E-state index contributed by atoms with van der Waals surface area (Å²) in [6.45, 7) is 4.19. The lowest BCUT2D eigenvalue weighted by Crippen LogP contribution is -2.50. The number of likely N-dealkylation sites (tertiary alicyclic amines) is 1. The van der Waals surface area contributed by atoms with Gasteiger partial charge in [-0.1, -0.05) is 12.5 Å². The first kappa shape index (κ1) is 20.1. The van der Waals surface area contributed by atoms with Crippen LogP contribution in [0.25, 0.3) is 0 Å². The van der Waals surface area contributed by atoms with Gasteiger partial charge in [-0.05, 0) is 62.4 Å². The molecule has 2 aliphatic heterocycles. The van der Waals surface area contributed by atoms with Crippen molar-refractivity contribution in [3.63, 3.8) is 0 Å². The maximum atomic E-state index is 13.1. The number of rotatable bonds is 5. The monoisotopic (exact) mass is 422 g/mol. The number of aromatic amines is 1. The number of hydrogen-bond acceptors (Lipinski definition) is 4. The summed E-state index contributed by atoms with van der Waals surface area (Å²) in [5.41, 5.74) is 1.59. The molecule has 3 fully saturated rings. The highest BCUT2D eigenvalue weighted by atomic mass is 16.2. The van der Waals surface area contributed by atoms with Crippen LogP contribution in [0.3, 0.4) is 0 Å². The minimum atomic E-state index is -0.103. The number of imidazole rings is 1. The second-order valence-electron chi connectivity index (χ2n) is 9.03. The lowest BCUT2D eigenvalue weighted by Gasteiger charge is -2.43. The lowest BCUT2D eigenvalue weighted by molar-refractivity contribution is 0.0677. The summed E-state index contributed by atoms with van der Waals surface area (Å²) in [5.74, 6) is 0.976. The number of nitrogens with one attached hydrogen (secondary N) is 3. The van der Waals surface area contributed by atoms with E-state index >= 15 is 0 Å². The van der Waals surface area contributed by atoms with Crippen LogP contribution >= 0.6 is 0 Å². The fourth-order valence-corrected chi connectivity index (χ4v) is 5.49. The Balaban J connectivity index is 1.23. The molecule has 0 radical (unpaired) electrons. The predicted octanol–water partition coefficient (Wildman–Crippen LogP) is 2.50. The van der Waals surface area contributed by atoms with E-state index in [0.29, 0.717) is 18.7 Å². The quantitative estimate of drug-likeness (QED) is 0.690. The van der Waals surface area contributed by atoms with Gasteiger partial charge in [-0.2, -0.15) is 0 Å². The third-order valence-corrected chi connectivity index (χ3v) is 7.27. The number of carbonyl (C=O) groups excluding carboxylic acids is 2. The first-order valence-electron chi connectivity index (χ1n) is 11.3. The Labute approximate surface area is 182 Å². The maximum absolute atomic E-state index is 13.1. The maximum Gasteiger partial charge on any atom is 0.321 e. The van der Waals surface area contributed by atoms with Crippen LogP contribution in [-0.2, 0) is 6.54 Å². The van der Waals surface area contributed by atoms with E-state index in [4.69, 9.17) is 0 Å². The number of hydrogen-bond donors (Lipinski definition) is 3. The highest BCUT2D eigenvalue weighted by molar-refractivity contribution is 5.98. The van der Waals surface area contributed by atoms with Crippen LogP contribution in [0.1, 0.15) is 48.3 Å². The van der Waals surface area contributed by atoms with Gasteiger partial charge in [0.25, 0.3) is 5.91 Å². The highest BCUT2D eigenvalue weighted by Gasteiger charge is 2.45. The van der Waals surface area contributed by atoms with E-state index in [1.54, 1.807) is 11.1 Å². The van der Waals surface area contributed by atoms with Gasteiger partial charge in [-0.25, -0.2) is 9.78 Å². The fourth-order valence-electron chi connectivity index (χ4n) is 5.49. The molecule has 1 spiro atoms. The molecule has 1 unspecified atom stereocenters. The molecule has 31 heavy (non-hydrogen) atoms. The van der Waals surface area contributed by atoms with E-state index in [1.807, 2.05) is 30.5 Å². The van der Waals surface area contributed by atoms with Gasteiger partial charge < -0.3 is 15.6 Å². The molecule has 3 amide bonds. The Hall–Kier alpha value is -2.87. The molecule has 2 aromatic rings. The molecule has 164 valence electrons. The van der Waals surface area contributed by atoms with E-state index < -0.39 is 0 Å². The van der Waals surface area contributed by atoms with Crippen molar-refractivity contribution >= 4 is 17.6 Å². The molecule has 3 aliphatic rings. The van der Waals surface area contributed by atoms with Crippen LogP contribution in [0.4, 0.5) is 10.5 Å². The second-order valence-corrected chi connectivity index (χ2v) is 9.03. The van der Waals surface area contributed by atoms with Gasteiger partial charge in [-0.3, -0.25) is 14.6 Å². The van der Waals surface area contributed by atoms with Crippen LogP contribution < -0.4 is 15.5 Å². The molecule has 1 aromatic carbocycles. The van der Waals surface area contributed by atoms with Gasteiger partial charge in [-0.15, -0.1) is 0 Å². The molecule has 3 N–H and O–H groups in total. The first-order valence-corrected chi connectivity index (χ1v) is 11.3. The number of benzene rings is 1. The molecule has 2 saturated heterocycles. The van der Waals surface area contributed by atoms with Crippen molar-refractivity contribution < 1.29 is 9.59 Å². The molecule has 0 bridgehead atoms. The van der Waals surface area contributed by atoms with Crippen LogP contribution in [0.15, 0.2) is 36.7 Å². The average Bonchev–Trinajstić information content (AvgIpc) is 3.53. The zero-order valence-corrected chi connectivity index (χ0v) is 17.8. The Bertz CT molecular complexity index is 935. The summed E-state index contributed by atoms with van der Waals surface area (Å²) in [7, 11) is 0. The average molecular weight is 423 g/mol. The van der Waals surface area contributed by atoms with Gasteiger partial charge in [0.2, 0.25) is 0 Å². The molecule has 1 aliphatic carbocycles. The molecular formula is C23H30N6O2. The smallest absolute Gasteiger partial charge is 0.321 e. The highest BCUT2D eigenvalue weighted by Crippen LogP contribution is 2.46. The molecule has 1 atom stereocenters. The number of amides is 3. The third kappa shape index (κ3) is 4.04. The summed E-state index contributed by atoms with van der Waals surface area (Å²) < 4.78 is 0. The third-order valence-electron chi connectivity index (χ3n) is 7.27. The Morgan fingerprint density at radius 3 is 2.84 bits per heavy atom. The largest absolute Gasteiger partial charge is 0.349 e. The second kappa shape index (κ2) is 8.34. The van der Waals surface area contributed by atoms with Crippen molar-refractivity contribution in [2.45, 2.75) is 44.7 Å². The normalized spacial score (nSPS) is 23.3. The summed E-state index contributed by atoms with van der Waals surface area (Å²) >= 11 is 0. The van der Waals surface area contributed by atoms with E-state index in [0.717, 1.165) is 56.8 Å². The SMILES string of the molecule is O=C(NC1CCCC12CCN(Cc1ncc[nH]1)CC2)c1cccc(N2CCNC2=O)c1. The van der Waals surface area contributed by atoms with E-state index in [-0.39, 0.29) is 23.4 Å². The topological polar surface area (TPSA) is 93.4 Å². The van der Waals surface area contributed by atoms with Crippen LogP contribution in [0, 0.1) is 5.41 Å². The van der Waals surface area contributed by atoms with Crippen molar-refractivity contribution in [1.82, 2.24) is 25.5 Å². The van der Waals surface area contributed by atoms with Crippen LogP contribution in [-0.4, -0.2) is 59.0 Å². The molecule has 8 nitrogen and oxygen atoms in total. The predicted molar refractivity (Wildman–Crippen MR) is 118 cm³/mol. The fraction of sp³-hybridized carbons (Fsp3) is 0.522. The number of piperidine rings is 1. The van der Waals surface area contributed by atoms with Gasteiger partial charge >= 0.3 is 6.03 Å². The Kier molecular flexibility index (Phi) is 5.40. The standard InChI is InChI=1S/C23H30N6O2/c30-21(17-3-1-4-18(15-17)29-14-11-26-22(29)31)27-19-5-2-6-23(19)7-12-28(13-8-23)16-20-24-9-10-25-20/h1,3-4,9-10,15,19H,2,5-8,11-14,16H2,(H,24,25)(H,26,31)(H,27,30). The van der Waals surface area contributed by atoms with E-state index in [1.165, 1.54) is 6.42 Å². The minimum Gasteiger partial charge on any atom is -0.349 e. The number of nitrogens with zero attached hydrogens (tertiary/aromatic N) is 3. The van der Waals surface area contributed by atoms with Crippen molar-refractivity contribution in [2.24, 2.45) is 5.41 Å². The molecule has 8 heteroatoms. The summed E-state index contributed by atoms with van der Waals surface area (Å²) in [6.07, 6.45) is 9.26. The molecule has 3 heterocycles. The van der Waals surface area contributed by atoms with Gasteiger partial charge in [0.1, 0.15) is 5.82 Å². The number of anilines is 1. The van der Waals surface area contributed by atoms with Crippen LogP contribution in [0.2, 0.25) is 0 Å². The van der Waals surface area contributed by atoms with Crippen molar-refractivity contribution in [1.29, 1.82) is 0 Å². The summed E-state index contributed by atoms with van der Waals surface area (Å²) in [6, 6.07) is 7.51. The molecule has 1 aromatic heterocycles. The molecule has 1 saturated carbocycles. The van der Waals surface area contributed by atoms with Crippen molar-refractivity contribution in [2.75, 3.05) is 31.1 Å². The summed E-state index contributed by atoms with van der Waals surface area (Å²) in [4.78, 5) is 36.7. The van der Waals surface area contributed by atoms with E-state index in [9.17, 15) is 9.59 Å². The van der Waals surface area contributed by atoms with Crippen LogP contribution in [0.5, 0.6) is 0 Å². The Morgan fingerprint density at radius 1 is 1.23 bits per heavy atom. The molecule has 5 rings (SSSR count). The van der Waals surface area contributed by atoms with Crippen molar-refractivity contribution in [3.8, 4) is 0 Å². The Morgan fingerprint density at radius 2 is 2.10 bits per heavy atom. The minimum absolute atomic E-state index is 0.0363. The van der Waals surface area contributed by atoms with Crippen molar-refractivity contribution in [3.05, 3.63) is 48.0 Å². The number of urea groups is 1. The zero-order valence-electron chi connectivity index (χ0n) is 17.8. The number of H-pyrrole nitrogens is 1. The lowest BCUT2D eigenvalue weighted by atomic mass is 9.74. The number of carbonyl (C=O) groups is 2. The first-order chi connectivity index (χ1) is 15.1. The summed E-state index contributed by atoms with van der Waals surface area (Å²) in [5, 5.41) is 6.16. The van der Waals surface area contributed by atoms with Gasteiger partial charge in [0, 0.05) is 42.8 Å². The van der Waals surface area contributed by atoms with Gasteiger partial charge in [0.15, 0.2) is 0 Å².